The van der Waals surface area contributed by atoms with Crippen LogP contribution in [0.2, 0.25) is 0 Å². The Labute approximate surface area is 154 Å². The first kappa shape index (κ1) is 19.9. The fraction of sp³-hybridized carbons (Fsp3) is 0.350. The summed E-state index contributed by atoms with van der Waals surface area (Å²) in [4.78, 5) is 12.0. The molecule has 3 N–H and O–H groups in total. The van der Waals surface area contributed by atoms with Gasteiger partial charge in [-0.3, -0.25) is 4.79 Å². The molecule has 0 aromatic heterocycles. The predicted octanol–water partition coefficient (Wildman–Crippen LogP) is 2.11. The van der Waals surface area contributed by atoms with Gasteiger partial charge in [0.15, 0.2) is 6.61 Å². The van der Waals surface area contributed by atoms with Gasteiger partial charge in [0, 0.05) is 18.8 Å². The molecular formula is C20H26N2O4. The fourth-order valence-electron chi connectivity index (χ4n) is 2.27. The summed E-state index contributed by atoms with van der Waals surface area (Å²) in [7, 11) is 0. The van der Waals surface area contributed by atoms with E-state index in [9.17, 15) is 4.79 Å². The molecule has 0 atom stereocenters. The van der Waals surface area contributed by atoms with Gasteiger partial charge in [0.1, 0.15) is 5.75 Å². The Bertz CT molecular complexity index is 674. The van der Waals surface area contributed by atoms with Crippen molar-refractivity contribution in [1.82, 2.24) is 5.32 Å². The Morgan fingerprint density at radius 1 is 1.12 bits per heavy atom. The summed E-state index contributed by atoms with van der Waals surface area (Å²) in [6.07, 6.45) is 0. The number of aliphatic hydroxyl groups excluding tert-OH is 1. The molecule has 0 aliphatic heterocycles. The molecule has 6 nitrogen and oxygen atoms in total. The first-order valence-corrected chi connectivity index (χ1v) is 8.65. The molecule has 0 unspecified atom stereocenters. The maximum atomic E-state index is 12.0. The standard InChI is InChI=1S/C20H26N2O4/c1-16-5-7-18(8-6-16)22-20(24)15-26-19-4-2-3-17(13-19)14-21-9-11-25-12-10-23/h2-8,13,21,23H,9-12,14-15H2,1H3,(H,22,24). The third kappa shape index (κ3) is 7.65. The van der Waals surface area contributed by atoms with E-state index in [1.165, 1.54) is 0 Å². The smallest absolute Gasteiger partial charge is 0.262 e. The lowest BCUT2D eigenvalue weighted by molar-refractivity contribution is -0.118. The molecule has 0 radical (unpaired) electrons. The van der Waals surface area contributed by atoms with Crippen LogP contribution in [0.5, 0.6) is 5.75 Å². The molecule has 0 spiro atoms. The van der Waals surface area contributed by atoms with Gasteiger partial charge in [0.2, 0.25) is 0 Å². The molecule has 2 aromatic carbocycles. The molecule has 0 saturated carbocycles. The maximum Gasteiger partial charge on any atom is 0.262 e. The number of aliphatic hydroxyl groups is 1. The highest BCUT2D eigenvalue weighted by atomic mass is 16.5. The van der Waals surface area contributed by atoms with E-state index in [-0.39, 0.29) is 19.1 Å². The van der Waals surface area contributed by atoms with E-state index in [0.717, 1.165) is 16.8 Å². The lowest BCUT2D eigenvalue weighted by Crippen LogP contribution is -2.21. The second-order valence-corrected chi connectivity index (χ2v) is 5.86. The van der Waals surface area contributed by atoms with Crippen molar-refractivity contribution in [2.45, 2.75) is 13.5 Å². The minimum absolute atomic E-state index is 0.0386. The fourth-order valence-corrected chi connectivity index (χ4v) is 2.27. The zero-order valence-electron chi connectivity index (χ0n) is 15.0. The average Bonchev–Trinajstić information content (AvgIpc) is 2.65. The van der Waals surface area contributed by atoms with Gasteiger partial charge in [-0.2, -0.15) is 0 Å². The van der Waals surface area contributed by atoms with Crippen LogP contribution in [-0.2, 0) is 16.1 Å². The van der Waals surface area contributed by atoms with Crippen molar-refractivity contribution in [2.24, 2.45) is 0 Å². The summed E-state index contributed by atoms with van der Waals surface area (Å²) in [5.74, 6) is 0.457. The molecule has 0 fully saturated rings. The molecule has 6 heteroatoms. The molecule has 0 aliphatic rings. The topological polar surface area (TPSA) is 79.8 Å². The van der Waals surface area contributed by atoms with Crippen LogP contribution in [0, 0.1) is 6.92 Å². The number of aryl methyl sites for hydroxylation is 1. The van der Waals surface area contributed by atoms with E-state index in [1.807, 2.05) is 55.5 Å². The molecule has 26 heavy (non-hydrogen) atoms. The molecule has 0 aliphatic carbocycles. The molecule has 2 rings (SSSR count). The van der Waals surface area contributed by atoms with Crippen molar-refractivity contribution in [3.8, 4) is 5.75 Å². The zero-order valence-corrected chi connectivity index (χ0v) is 15.0. The van der Waals surface area contributed by atoms with E-state index >= 15 is 0 Å². The van der Waals surface area contributed by atoms with Crippen LogP contribution in [0.15, 0.2) is 48.5 Å². The molecule has 0 bridgehead atoms. The summed E-state index contributed by atoms with van der Waals surface area (Å²) < 4.78 is 10.8. The minimum Gasteiger partial charge on any atom is -0.484 e. The largest absolute Gasteiger partial charge is 0.484 e. The van der Waals surface area contributed by atoms with Crippen LogP contribution in [-0.4, -0.2) is 44.0 Å². The van der Waals surface area contributed by atoms with Gasteiger partial charge >= 0.3 is 0 Å². The number of hydrogen-bond donors (Lipinski definition) is 3. The first-order valence-electron chi connectivity index (χ1n) is 8.65. The van der Waals surface area contributed by atoms with Gasteiger partial charge in [-0.25, -0.2) is 0 Å². The predicted molar refractivity (Wildman–Crippen MR) is 101 cm³/mol. The monoisotopic (exact) mass is 358 g/mol. The van der Waals surface area contributed by atoms with Gasteiger partial charge in [0.25, 0.3) is 5.91 Å². The third-order valence-corrected chi connectivity index (χ3v) is 3.59. The molecule has 0 heterocycles. The van der Waals surface area contributed by atoms with Crippen LogP contribution in [0.4, 0.5) is 5.69 Å². The minimum atomic E-state index is -0.196. The van der Waals surface area contributed by atoms with Crippen molar-refractivity contribution in [3.05, 3.63) is 59.7 Å². The lowest BCUT2D eigenvalue weighted by Gasteiger charge is -2.10. The van der Waals surface area contributed by atoms with Crippen LogP contribution >= 0.6 is 0 Å². The number of carbonyl (C=O) groups excluding carboxylic acids is 1. The highest BCUT2D eigenvalue weighted by molar-refractivity contribution is 5.91. The Balaban J connectivity index is 1.71. The second-order valence-electron chi connectivity index (χ2n) is 5.86. The number of benzene rings is 2. The number of ether oxygens (including phenoxy) is 2. The van der Waals surface area contributed by atoms with Crippen LogP contribution in [0.1, 0.15) is 11.1 Å². The van der Waals surface area contributed by atoms with Crippen LogP contribution < -0.4 is 15.4 Å². The first-order chi connectivity index (χ1) is 12.7. The Kier molecular flexibility index (Phi) is 8.62. The third-order valence-electron chi connectivity index (χ3n) is 3.59. The molecular weight excluding hydrogens is 332 g/mol. The van der Waals surface area contributed by atoms with Crippen molar-refractivity contribution in [3.63, 3.8) is 0 Å². The highest BCUT2D eigenvalue weighted by Crippen LogP contribution is 2.14. The molecule has 140 valence electrons. The Morgan fingerprint density at radius 3 is 2.69 bits per heavy atom. The summed E-state index contributed by atoms with van der Waals surface area (Å²) in [5, 5.41) is 14.7. The van der Waals surface area contributed by atoms with Crippen molar-refractivity contribution < 1.29 is 19.4 Å². The quantitative estimate of drug-likeness (QED) is 0.536. The number of nitrogens with one attached hydrogen (secondary N) is 2. The van der Waals surface area contributed by atoms with E-state index in [2.05, 4.69) is 10.6 Å². The van der Waals surface area contributed by atoms with Gasteiger partial charge in [-0.15, -0.1) is 0 Å². The van der Waals surface area contributed by atoms with E-state index < -0.39 is 0 Å². The van der Waals surface area contributed by atoms with Crippen molar-refractivity contribution in [1.29, 1.82) is 0 Å². The lowest BCUT2D eigenvalue weighted by atomic mass is 10.2. The number of anilines is 1. The van der Waals surface area contributed by atoms with Gasteiger partial charge in [-0.05, 0) is 36.8 Å². The van der Waals surface area contributed by atoms with Gasteiger partial charge in [0.05, 0.1) is 19.8 Å². The van der Waals surface area contributed by atoms with Gasteiger partial charge < -0.3 is 25.2 Å². The number of amides is 1. The van der Waals surface area contributed by atoms with E-state index in [1.54, 1.807) is 0 Å². The SMILES string of the molecule is Cc1ccc(NC(=O)COc2cccc(CNCCOCCO)c2)cc1. The number of carbonyl (C=O) groups is 1. The summed E-state index contributed by atoms with van der Waals surface area (Å²) in [6, 6.07) is 15.2. The zero-order chi connectivity index (χ0) is 18.6. The van der Waals surface area contributed by atoms with Crippen LogP contribution in [0.3, 0.4) is 0 Å². The molecule has 2 aromatic rings. The summed E-state index contributed by atoms with van der Waals surface area (Å²) in [6.45, 7) is 4.28. The molecule has 1 amide bonds. The van der Waals surface area contributed by atoms with Crippen LogP contribution in [0.25, 0.3) is 0 Å². The highest BCUT2D eigenvalue weighted by Gasteiger charge is 2.04. The number of rotatable bonds is 11. The Hall–Kier alpha value is -2.41. The van der Waals surface area contributed by atoms with Crippen molar-refractivity contribution >= 4 is 11.6 Å². The summed E-state index contributed by atoms with van der Waals surface area (Å²) in [5.41, 5.74) is 2.96. The summed E-state index contributed by atoms with van der Waals surface area (Å²) >= 11 is 0. The normalized spacial score (nSPS) is 10.5. The average molecular weight is 358 g/mol. The van der Waals surface area contributed by atoms with E-state index in [4.69, 9.17) is 14.6 Å². The maximum absolute atomic E-state index is 12.0. The molecule has 0 saturated heterocycles. The second kappa shape index (κ2) is 11.3. The number of hydrogen-bond acceptors (Lipinski definition) is 5. The van der Waals surface area contributed by atoms with Crippen molar-refractivity contribution in [2.75, 3.05) is 38.3 Å². The van der Waals surface area contributed by atoms with E-state index in [0.29, 0.717) is 32.1 Å². The van der Waals surface area contributed by atoms with Gasteiger partial charge in [-0.1, -0.05) is 29.8 Å². The Morgan fingerprint density at radius 2 is 1.92 bits per heavy atom.